The van der Waals surface area contributed by atoms with Crippen molar-refractivity contribution in [3.8, 4) is 5.69 Å². The van der Waals surface area contributed by atoms with Crippen LogP contribution in [-0.4, -0.2) is 28.7 Å². The number of para-hydroxylation sites is 1. The monoisotopic (exact) mass is 432 g/mol. The number of anilines is 1. The summed E-state index contributed by atoms with van der Waals surface area (Å²) in [6, 6.07) is 18.1. The molecule has 0 spiro atoms. The van der Waals surface area contributed by atoms with Crippen LogP contribution in [0.25, 0.3) is 5.69 Å². The molecule has 0 saturated carbocycles. The zero-order valence-electron chi connectivity index (χ0n) is 19.3. The number of guanidine groups is 1. The standard InChI is InChI=1S/C25H32N6O/c1-5-8-24(32)29-22-13-11-20(12-14-22)16-27-25(26-4)28-17-21-9-6-7-10-23(21)31-19(3)15-18(2)30-31/h6-7,9-15H,5,8,16-17H2,1-4H3,(H,29,32)(H2,26,27,28). The van der Waals surface area contributed by atoms with Gasteiger partial charge in [-0.05, 0) is 55.7 Å². The van der Waals surface area contributed by atoms with Crippen LogP contribution in [0.2, 0.25) is 0 Å². The number of rotatable bonds is 8. The first-order valence-electron chi connectivity index (χ1n) is 10.9. The highest BCUT2D eigenvalue weighted by molar-refractivity contribution is 5.90. The number of nitrogens with one attached hydrogen (secondary N) is 3. The molecule has 0 saturated heterocycles. The first-order valence-corrected chi connectivity index (χ1v) is 10.9. The van der Waals surface area contributed by atoms with Gasteiger partial charge in [-0.1, -0.05) is 37.3 Å². The highest BCUT2D eigenvalue weighted by Gasteiger charge is 2.09. The molecule has 7 nitrogen and oxygen atoms in total. The molecule has 2 aromatic carbocycles. The lowest BCUT2D eigenvalue weighted by Gasteiger charge is -2.15. The summed E-state index contributed by atoms with van der Waals surface area (Å²) in [5, 5.41) is 14.2. The van der Waals surface area contributed by atoms with E-state index in [2.05, 4.69) is 51.2 Å². The zero-order valence-corrected chi connectivity index (χ0v) is 19.3. The molecule has 0 fully saturated rings. The van der Waals surface area contributed by atoms with Crippen LogP contribution in [-0.2, 0) is 17.9 Å². The van der Waals surface area contributed by atoms with Crippen molar-refractivity contribution in [2.45, 2.75) is 46.7 Å². The van der Waals surface area contributed by atoms with E-state index in [4.69, 9.17) is 0 Å². The number of nitrogens with zero attached hydrogens (tertiary/aromatic N) is 3. The summed E-state index contributed by atoms with van der Waals surface area (Å²) in [6.07, 6.45) is 1.37. The quantitative estimate of drug-likeness (QED) is 0.370. The molecule has 0 unspecified atom stereocenters. The number of amides is 1. The maximum absolute atomic E-state index is 11.7. The predicted molar refractivity (Wildman–Crippen MR) is 130 cm³/mol. The lowest BCUT2D eigenvalue weighted by molar-refractivity contribution is -0.116. The van der Waals surface area contributed by atoms with E-state index in [1.165, 1.54) is 0 Å². The van der Waals surface area contributed by atoms with E-state index >= 15 is 0 Å². The molecular weight excluding hydrogens is 400 g/mol. The summed E-state index contributed by atoms with van der Waals surface area (Å²) in [6.45, 7) is 7.30. The average Bonchev–Trinajstić information content (AvgIpc) is 3.13. The van der Waals surface area contributed by atoms with Gasteiger partial charge < -0.3 is 16.0 Å². The van der Waals surface area contributed by atoms with Gasteiger partial charge in [0.15, 0.2) is 5.96 Å². The summed E-state index contributed by atoms with van der Waals surface area (Å²) in [5.41, 5.74) is 6.21. The Bertz CT molecular complexity index is 1070. The Kier molecular flexibility index (Phi) is 8.02. The SMILES string of the molecule is CCCC(=O)Nc1ccc(CNC(=NC)NCc2ccccc2-n2nc(C)cc2C)cc1. The van der Waals surface area contributed by atoms with Gasteiger partial charge in [-0.3, -0.25) is 9.79 Å². The summed E-state index contributed by atoms with van der Waals surface area (Å²) in [5.74, 6) is 0.761. The lowest BCUT2D eigenvalue weighted by Crippen LogP contribution is -2.36. The van der Waals surface area contributed by atoms with Crippen LogP contribution in [0.1, 0.15) is 42.3 Å². The number of carbonyl (C=O) groups excluding carboxylic acids is 1. The molecule has 3 N–H and O–H groups in total. The largest absolute Gasteiger partial charge is 0.352 e. The van der Waals surface area contributed by atoms with Gasteiger partial charge in [0.2, 0.25) is 5.91 Å². The number of benzene rings is 2. The van der Waals surface area contributed by atoms with Gasteiger partial charge in [0.05, 0.1) is 11.4 Å². The Morgan fingerprint density at radius 2 is 1.75 bits per heavy atom. The van der Waals surface area contributed by atoms with Crippen molar-refractivity contribution >= 4 is 17.6 Å². The fourth-order valence-electron chi connectivity index (χ4n) is 3.48. The van der Waals surface area contributed by atoms with Gasteiger partial charge >= 0.3 is 0 Å². The molecule has 0 aliphatic heterocycles. The Hall–Kier alpha value is -3.61. The van der Waals surface area contributed by atoms with Crippen molar-refractivity contribution in [1.82, 2.24) is 20.4 Å². The Labute approximate surface area is 190 Å². The van der Waals surface area contributed by atoms with Crippen LogP contribution >= 0.6 is 0 Å². The summed E-state index contributed by atoms with van der Waals surface area (Å²) in [7, 11) is 1.76. The molecule has 32 heavy (non-hydrogen) atoms. The third-order valence-corrected chi connectivity index (χ3v) is 5.07. The first-order chi connectivity index (χ1) is 15.5. The molecule has 168 valence electrons. The smallest absolute Gasteiger partial charge is 0.224 e. The lowest BCUT2D eigenvalue weighted by atomic mass is 10.1. The minimum absolute atomic E-state index is 0.0451. The van der Waals surface area contributed by atoms with Crippen molar-refractivity contribution in [3.05, 3.63) is 77.1 Å². The molecule has 0 aliphatic rings. The highest BCUT2D eigenvalue weighted by atomic mass is 16.1. The van der Waals surface area contributed by atoms with Crippen LogP contribution in [0.3, 0.4) is 0 Å². The van der Waals surface area contributed by atoms with Crippen LogP contribution in [0.5, 0.6) is 0 Å². The van der Waals surface area contributed by atoms with Crippen LogP contribution in [0, 0.1) is 13.8 Å². The van der Waals surface area contributed by atoms with Gasteiger partial charge in [0.1, 0.15) is 0 Å². The predicted octanol–water partition coefficient (Wildman–Crippen LogP) is 4.09. The summed E-state index contributed by atoms with van der Waals surface area (Å²) in [4.78, 5) is 16.1. The van der Waals surface area contributed by atoms with E-state index in [1.54, 1.807) is 7.05 Å². The highest BCUT2D eigenvalue weighted by Crippen LogP contribution is 2.17. The van der Waals surface area contributed by atoms with Crippen LogP contribution < -0.4 is 16.0 Å². The number of hydrogen-bond donors (Lipinski definition) is 3. The number of aromatic nitrogens is 2. The normalized spacial score (nSPS) is 11.3. The summed E-state index contributed by atoms with van der Waals surface area (Å²) >= 11 is 0. The van der Waals surface area contributed by atoms with Crippen LogP contribution in [0.4, 0.5) is 5.69 Å². The van der Waals surface area contributed by atoms with Crippen molar-refractivity contribution in [2.75, 3.05) is 12.4 Å². The molecule has 1 amide bonds. The van der Waals surface area contributed by atoms with E-state index < -0.39 is 0 Å². The Morgan fingerprint density at radius 3 is 2.41 bits per heavy atom. The second kappa shape index (κ2) is 11.1. The van der Waals surface area contributed by atoms with Crippen molar-refractivity contribution in [1.29, 1.82) is 0 Å². The fraction of sp³-hybridized carbons (Fsp3) is 0.320. The van der Waals surface area contributed by atoms with Gasteiger partial charge in [-0.25, -0.2) is 4.68 Å². The van der Waals surface area contributed by atoms with Gasteiger partial charge in [0, 0.05) is 37.9 Å². The molecule has 0 bridgehead atoms. The zero-order chi connectivity index (χ0) is 22.9. The molecule has 3 rings (SSSR count). The average molecular weight is 433 g/mol. The number of aliphatic imine (C=N–C) groups is 1. The maximum Gasteiger partial charge on any atom is 0.224 e. The van der Waals surface area contributed by atoms with E-state index in [-0.39, 0.29) is 5.91 Å². The van der Waals surface area contributed by atoms with Gasteiger partial charge in [-0.15, -0.1) is 0 Å². The molecule has 0 radical (unpaired) electrons. The second-order valence-corrected chi connectivity index (χ2v) is 7.74. The fourth-order valence-corrected chi connectivity index (χ4v) is 3.48. The minimum atomic E-state index is 0.0451. The molecule has 3 aromatic rings. The topological polar surface area (TPSA) is 83.3 Å². The molecule has 1 aromatic heterocycles. The molecular formula is C25H32N6O. The number of hydrogen-bond acceptors (Lipinski definition) is 3. The first kappa shape index (κ1) is 23.1. The molecule has 0 atom stereocenters. The van der Waals surface area contributed by atoms with E-state index in [0.717, 1.165) is 40.3 Å². The number of aryl methyl sites for hydroxylation is 2. The van der Waals surface area contributed by atoms with E-state index in [0.29, 0.717) is 25.5 Å². The van der Waals surface area contributed by atoms with Crippen molar-refractivity contribution < 1.29 is 4.79 Å². The molecule has 0 aliphatic carbocycles. The Morgan fingerprint density at radius 1 is 1.03 bits per heavy atom. The molecule has 7 heteroatoms. The molecule has 1 heterocycles. The van der Waals surface area contributed by atoms with Gasteiger partial charge in [-0.2, -0.15) is 5.10 Å². The van der Waals surface area contributed by atoms with Crippen molar-refractivity contribution in [2.24, 2.45) is 4.99 Å². The van der Waals surface area contributed by atoms with Gasteiger partial charge in [0.25, 0.3) is 0 Å². The van der Waals surface area contributed by atoms with Crippen LogP contribution in [0.15, 0.2) is 59.6 Å². The van der Waals surface area contributed by atoms with E-state index in [1.807, 2.05) is 54.9 Å². The second-order valence-electron chi connectivity index (χ2n) is 7.74. The third kappa shape index (κ3) is 6.20. The van der Waals surface area contributed by atoms with Crippen molar-refractivity contribution in [3.63, 3.8) is 0 Å². The third-order valence-electron chi connectivity index (χ3n) is 5.07. The minimum Gasteiger partial charge on any atom is -0.352 e. The summed E-state index contributed by atoms with van der Waals surface area (Å²) < 4.78 is 1.98. The number of carbonyl (C=O) groups is 1. The maximum atomic E-state index is 11.7. The Balaban J connectivity index is 1.57. The van der Waals surface area contributed by atoms with E-state index in [9.17, 15) is 4.79 Å².